The van der Waals surface area contributed by atoms with Gasteiger partial charge in [-0.3, -0.25) is 4.90 Å². The maximum Gasteiger partial charge on any atom is 0.157 e. The van der Waals surface area contributed by atoms with E-state index in [4.69, 9.17) is 11.6 Å². The molecule has 112 valence electrons. The number of likely N-dealkylation sites (N-methyl/N-ethyl adjacent to an activating group) is 1. The SMILES string of the molecule is Cc1ccc(NC2N(C)CCN2c2ccsc2C)c(Cl)c1. The highest BCUT2D eigenvalue weighted by molar-refractivity contribution is 7.10. The van der Waals surface area contributed by atoms with E-state index in [2.05, 4.69) is 59.6 Å². The fourth-order valence-electron chi connectivity index (χ4n) is 2.74. The van der Waals surface area contributed by atoms with Crippen molar-refractivity contribution in [1.82, 2.24) is 4.90 Å². The summed E-state index contributed by atoms with van der Waals surface area (Å²) in [5.74, 6) is 0. The molecule has 1 aliphatic heterocycles. The van der Waals surface area contributed by atoms with Gasteiger partial charge in [0.1, 0.15) is 0 Å². The molecule has 3 nitrogen and oxygen atoms in total. The van der Waals surface area contributed by atoms with Crippen LogP contribution < -0.4 is 10.2 Å². The van der Waals surface area contributed by atoms with Crippen molar-refractivity contribution in [3.63, 3.8) is 0 Å². The van der Waals surface area contributed by atoms with Gasteiger partial charge in [-0.25, -0.2) is 0 Å². The van der Waals surface area contributed by atoms with Gasteiger partial charge in [0.05, 0.1) is 16.4 Å². The number of rotatable bonds is 3. The quantitative estimate of drug-likeness (QED) is 0.915. The minimum atomic E-state index is 0.138. The van der Waals surface area contributed by atoms with Crippen molar-refractivity contribution in [2.45, 2.75) is 20.1 Å². The van der Waals surface area contributed by atoms with Crippen molar-refractivity contribution in [1.29, 1.82) is 0 Å². The molecule has 0 radical (unpaired) electrons. The van der Waals surface area contributed by atoms with Crippen LogP contribution in [-0.4, -0.2) is 31.3 Å². The smallest absolute Gasteiger partial charge is 0.157 e. The highest BCUT2D eigenvalue weighted by Gasteiger charge is 2.30. The van der Waals surface area contributed by atoms with Gasteiger partial charge in [-0.05, 0) is 50.0 Å². The number of benzene rings is 1. The molecule has 1 aliphatic rings. The number of anilines is 2. The third kappa shape index (κ3) is 2.89. The molecule has 1 fully saturated rings. The summed E-state index contributed by atoms with van der Waals surface area (Å²) in [6.45, 7) is 6.29. The molecular formula is C16H20ClN3S. The first-order chi connectivity index (χ1) is 10.1. The number of aryl methyl sites for hydroxylation is 2. The van der Waals surface area contributed by atoms with Crippen LogP contribution in [0, 0.1) is 13.8 Å². The topological polar surface area (TPSA) is 18.5 Å². The Labute approximate surface area is 135 Å². The number of hydrogen-bond acceptors (Lipinski definition) is 4. The summed E-state index contributed by atoms with van der Waals surface area (Å²) in [4.78, 5) is 6.07. The first-order valence-corrected chi connectivity index (χ1v) is 8.35. The van der Waals surface area contributed by atoms with Crippen LogP contribution in [0.3, 0.4) is 0 Å². The van der Waals surface area contributed by atoms with Crippen molar-refractivity contribution in [2.75, 3.05) is 30.4 Å². The molecule has 1 aromatic heterocycles. The van der Waals surface area contributed by atoms with Crippen molar-refractivity contribution in [2.24, 2.45) is 0 Å². The third-order valence-corrected chi connectivity index (χ3v) is 5.10. The first-order valence-electron chi connectivity index (χ1n) is 7.10. The van der Waals surface area contributed by atoms with Crippen molar-refractivity contribution < 1.29 is 0 Å². The van der Waals surface area contributed by atoms with Crippen LogP contribution in [-0.2, 0) is 0 Å². The molecule has 1 saturated heterocycles. The highest BCUT2D eigenvalue weighted by Crippen LogP contribution is 2.32. The zero-order chi connectivity index (χ0) is 15.0. The average molecular weight is 322 g/mol. The standard InChI is InChI=1S/C16H20ClN3S/c1-11-4-5-14(13(17)10-11)18-16-19(3)7-8-20(16)15-6-9-21-12(15)2/h4-6,9-10,16,18H,7-8H2,1-3H3. The van der Waals surface area contributed by atoms with Gasteiger partial charge in [-0.1, -0.05) is 17.7 Å². The van der Waals surface area contributed by atoms with Crippen LogP contribution >= 0.6 is 22.9 Å². The molecule has 2 heterocycles. The molecule has 1 unspecified atom stereocenters. The minimum absolute atomic E-state index is 0.138. The Hall–Kier alpha value is -1.23. The molecule has 21 heavy (non-hydrogen) atoms. The Morgan fingerprint density at radius 1 is 1.24 bits per heavy atom. The van der Waals surface area contributed by atoms with Crippen LogP contribution in [0.2, 0.25) is 5.02 Å². The van der Waals surface area contributed by atoms with E-state index in [1.807, 2.05) is 6.07 Å². The van der Waals surface area contributed by atoms with Crippen molar-refractivity contribution in [3.8, 4) is 0 Å². The van der Waals surface area contributed by atoms with Gasteiger partial charge in [0.15, 0.2) is 6.29 Å². The molecule has 0 bridgehead atoms. The Balaban J connectivity index is 1.86. The highest BCUT2D eigenvalue weighted by atomic mass is 35.5. The Morgan fingerprint density at radius 3 is 2.71 bits per heavy atom. The summed E-state index contributed by atoms with van der Waals surface area (Å²) in [5, 5.41) is 6.50. The molecule has 1 N–H and O–H groups in total. The maximum atomic E-state index is 6.36. The van der Waals surface area contributed by atoms with E-state index in [-0.39, 0.29) is 6.29 Å². The lowest BCUT2D eigenvalue weighted by molar-refractivity contribution is 0.340. The molecule has 0 aliphatic carbocycles. The van der Waals surface area contributed by atoms with Gasteiger partial charge in [0.25, 0.3) is 0 Å². The normalized spacial score (nSPS) is 19.2. The molecule has 3 rings (SSSR count). The van der Waals surface area contributed by atoms with Crippen LogP contribution in [0.4, 0.5) is 11.4 Å². The van der Waals surface area contributed by atoms with Crippen molar-refractivity contribution in [3.05, 3.63) is 45.1 Å². The van der Waals surface area contributed by atoms with E-state index >= 15 is 0 Å². The zero-order valence-corrected chi connectivity index (χ0v) is 14.1. The number of thiophene rings is 1. The second kappa shape index (κ2) is 5.87. The minimum Gasteiger partial charge on any atom is -0.352 e. The molecule has 0 saturated carbocycles. The molecule has 1 aromatic carbocycles. The lowest BCUT2D eigenvalue weighted by atomic mass is 10.2. The summed E-state index contributed by atoms with van der Waals surface area (Å²) in [6.07, 6.45) is 0.138. The molecule has 0 spiro atoms. The Bertz CT molecular complexity index is 640. The fraction of sp³-hybridized carbons (Fsp3) is 0.375. The predicted octanol–water partition coefficient (Wildman–Crippen LogP) is 4.17. The summed E-state index contributed by atoms with van der Waals surface area (Å²) in [5.41, 5.74) is 3.47. The van der Waals surface area contributed by atoms with E-state index in [9.17, 15) is 0 Å². The Morgan fingerprint density at radius 2 is 2.05 bits per heavy atom. The second-order valence-electron chi connectivity index (χ2n) is 5.54. The van der Waals surface area contributed by atoms with E-state index in [1.54, 1.807) is 11.3 Å². The van der Waals surface area contributed by atoms with Crippen LogP contribution in [0.15, 0.2) is 29.6 Å². The van der Waals surface area contributed by atoms with Gasteiger partial charge in [0, 0.05) is 18.0 Å². The van der Waals surface area contributed by atoms with Crippen LogP contribution in [0.25, 0.3) is 0 Å². The molecule has 0 amide bonds. The van der Waals surface area contributed by atoms with E-state index in [1.165, 1.54) is 16.1 Å². The molecule has 2 aromatic rings. The molecule has 5 heteroatoms. The van der Waals surface area contributed by atoms with Gasteiger partial charge < -0.3 is 10.2 Å². The largest absolute Gasteiger partial charge is 0.352 e. The lowest BCUT2D eigenvalue weighted by Gasteiger charge is -2.31. The average Bonchev–Trinajstić information content (AvgIpc) is 3.00. The van der Waals surface area contributed by atoms with Gasteiger partial charge in [0.2, 0.25) is 0 Å². The predicted molar refractivity (Wildman–Crippen MR) is 92.6 cm³/mol. The van der Waals surface area contributed by atoms with Gasteiger partial charge >= 0.3 is 0 Å². The monoisotopic (exact) mass is 321 g/mol. The third-order valence-electron chi connectivity index (χ3n) is 3.96. The lowest BCUT2D eigenvalue weighted by Crippen LogP contribution is -2.43. The van der Waals surface area contributed by atoms with E-state index < -0.39 is 0 Å². The maximum absolute atomic E-state index is 6.36. The van der Waals surface area contributed by atoms with Crippen LogP contribution in [0.1, 0.15) is 10.4 Å². The molecule has 1 atom stereocenters. The summed E-state index contributed by atoms with van der Waals surface area (Å²) >= 11 is 8.15. The summed E-state index contributed by atoms with van der Waals surface area (Å²) < 4.78 is 0. The number of nitrogens with one attached hydrogen (secondary N) is 1. The number of halogens is 1. The van der Waals surface area contributed by atoms with Gasteiger partial charge in [-0.15, -0.1) is 11.3 Å². The number of hydrogen-bond donors (Lipinski definition) is 1. The van der Waals surface area contributed by atoms with E-state index in [0.717, 1.165) is 23.8 Å². The van der Waals surface area contributed by atoms with Crippen molar-refractivity contribution >= 4 is 34.3 Å². The van der Waals surface area contributed by atoms with Crippen LogP contribution in [0.5, 0.6) is 0 Å². The fourth-order valence-corrected chi connectivity index (χ4v) is 3.74. The van der Waals surface area contributed by atoms with Gasteiger partial charge in [-0.2, -0.15) is 0 Å². The summed E-state index contributed by atoms with van der Waals surface area (Å²) in [7, 11) is 2.14. The summed E-state index contributed by atoms with van der Waals surface area (Å²) in [6, 6.07) is 8.34. The number of nitrogens with zero attached hydrogens (tertiary/aromatic N) is 2. The molecular weight excluding hydrogens is 302 g/mol. The zero-order valence-electron chi connectivity index (χ0n) is 12.6. The second-order valence-corrected chi connectivity index (χ2v) is 7.06. The first kappa shape index (κ1) is 14.7. The Kier molecular flexibility index (Phi) is 4.11. The van der Waals surface area contributed by atoms with E-state index in [0.29, 0.717) is 0 Å².